The maximum absolute atomic E-state index is 11.7. The molecular formula is C17H20N4O3S. The van der Waals surface area contributed by atoms with Gasteiger partial charge in [-0.3, -0.25) is 9.59 Å². The Morgan fingerprint density at radius 1 is 1.20 bits per heavy atom. The van der Waals surface area contributed by atoms with Gasteiger partial charge in [0.2, 0.25) is 0 Å². The molecule has 2 amide bonds. The Morgan fingerprint density at radius 3 is 2.44 bits per heavy atom. The number of carbonyl (C=O) groups excluding carboxylic acids is 2. The number of aryl methyl sites for hydroxylation is 1. The Balaban J connectivity index is 2.14. The summed E-state index contributed by atoms with van der Waals surface area (Å²) < 4.78 is 0. The zero-order valence-corrected chi connectivity index (χ0v) is 15.3. The van der Waals surface area contributed by atoms with Crippen molar-refractivity contribution in [2.75, 3.05) is 0 Å². The molecule has 132 valence electrons. The van der Waals surface area contributed by atoms with Gasteiger partial charge in [-0.1, -0.05) is 0 Å². The zero-order chi connectivity index (χ0) is 18.6. The van der Waals surface area contributed by atoms with Crippen molar-refractivity contribution in [3.63, 3.8) is 0 Å². The van der Waals surface area contributed by atoms with Gasteiger partial charge in [-0.15, -0.1) is 11.3 Å². The van der Waals surface area contributed by atoms with E-state index in [1.165, 1.54) is 11.3 Å². The van der Waals surface area contributed by atoms with Crippen LogP contribution in [0.15, 0.2) is 29.4 Å². The molecule has 0 spiro atoms. The highest BCUT2D eigenvalue weighted by Crippen LogP contribution is 2.29. The molecule has 0 aliphatic rings. The lowest BCUT2D eigenvalue weighted by molar-refractivity contribution is -0.139. The summed E-state index contributed by atoms with van der Waals surface area (Å²) >= 11 is 1.42. The molecule has 0 bridgehead atoms. The molecule has 2 rings (SSSR count). The van der Waals surface area contributed by atoms with Crippen LogP contribution >= 0.6 is 11.3 Å². The topological polar surface area (TPSA) is 104 Å². The van der Waals surface area contributed by atoms with Crippen molar-refractivity contribution in [1.82, 2.24) is 15.7 Å². The van der Waals surface area contributed by atoms with E-state index < -0.39 is 11.8 Å². The Hall–Kier alpha value is -2.74. The van der Waals surface area contributed by atoms with Crippen molar-refractivity contribution in [3.8, 4) is 16.3 Å². The van der Waals surface area contributed by atoms with E-state index in [1.54, 1.807) is 45.0 Å². The lowest BCUT2D eigenvalue weighted by Gasteiger charge is -2.06. The number of amides is 2. The van der Waals surface area contributed by atoms with Gasteiger partial charge in [-0.2, -0.15) is 5.10 Å². The maximum Gasteiger partial charge on any atom is 0.329 e. The van der Waals surface area contributed by atoms with E-state index in [4.69, 9.17) is 0 Å². The summed E-state index contributed by atoms with van der Waals surface area (Å²) in [5.41, 5.74) is 4.47. The molecule has 0 saturated heterocycles. The summed E-state index contributed by atoms with van der Waals surface area (Å²) in [5.74, 6) is -1.34. The number of hydrogen-bond acceptors (Lipinski definition) is 6. The molecule has 0 fully saturated rings. The van der Waals surface area contributed by atoms with Crippen LogP contribution in [0.1, 0.15) is 31.3 Å². The summed E-state index contributed by atoms with van der Waals surface area (Å²) in [6.45, 7) is 7.13. The highest BCUT2D eigenvalue weighted by Gasteiger charge is 2.15. The molecule has 0 aliphatic heterocycles. The predicted octanol–water partition coefficient (Wildman–Crippen LogP) is 2.19. The average Bonchev–Trinajstić information content (AvgIpc) is 2.94. The number of hydrazone groups is 1. The molecule has 7 nitrogen and oxygen atoms in total. The van der Waals surface area contributed by atoms with Crippen molar-refractivity contribution < 1.29 is 14.7 Å². The second-order valence-electron chi connectivity index (χ2n) is 5.75. The van der Waals surface area contributed by atoms with Crippen LogP contribution in [0.5, 0.6) is 5.75 Å². The van der Waals surface area contributed by atoms with Crippen molar-refractivity contribution in [1.29, 1.82) is 0 Å². The van der Waals surface area contributed by atoms with Crippen LogP contribution in [0.2, 0.25) is 0 Å². The van der Waals surface area contributed by atoms with Gasteiger partial charge < -0.3 is 10.4 Å². The lowest BCUT2D eigenvalue weighted by atomic mass is 10.2. The summed E-state index contributed by atoms with van der Waals surface area (Å²) in [4.78, 5) is 28.6. The number of nitrogens with one attached hydrogen (secondary N) is 2. The van der Waals surface area contributed by atoms with E-state index in [9.17, 15) is 14.7 Å². The number of aromatic nitrogens is 1. The zero-order valence-electron chi connectivity index (χ0n) is 14.5. The monoisotopic (exact) mass is 360 g/mol. The second kappa shape index (κ2) is 7.89. The summed E-state index contributed by atoms with van der Waals surface area (Å²) in [7, 11) is 0. The second-order valence-corrected chi connectivity index (χ2v) is 6.75. The smallest absolute Gasteiger partial charge is 0.329 e. The molecular weight excluding hydrogens is 340 g/mol. The fourth-order valence-corrected chi connectivity index (χ4v) is 3.04. The third-order valence-electron chi connectivity index (χ3n) is 3.19. The number of thiazole rings is 1. The van der Waals surface area contributed by atoms with Crippen LogP contribution in [-0.4, -0.2) is 33.7 Å². The average molecular weight is 360 g/mol. The lowest BCUT2D eigenvalue weighted by Crippen LogP contribution is -2.41. The van der Waals surface area contributed by atoms with E-state index >= 15 is 0 Å². The molecule has 1 aromatic carbocycles. The fourth-order valence-electron chi connectivity index (χ4n) is 2.02. The van der Waals surface area contributed by atoms with Gasteiger partial charge >= 0.3 is 11.8 Å². The normalized spacial score (nSPS) is 11.5. The molecule has 2 aromatic rings. The Morgan fingerprint density at radius 2 is 1.84 bits per heavy atom. The minimum Gasteiger partial charge on any atom is -0.508 e. The third kappa shape index (κ3) is 4.87. The van der Waals surface area contributed by atoms with E-state index in [-0.39, 0.29) is 11.8 Å². The number of rotatable bonds is 4. The van der Waals surface area contributed by atoms with E-state index in [0.29, 0.717) is 5.71 Å². The molecule has 1 heterocycles. The van der Waals surface area contributed by atoms with Crippen molar-refractivity contribution in [2.45, 2.75) is 33.7 Å². The fraction of sp³-hybridized carbons (Fsp3) is 0.294. The maximum atomic E-state index is 11.7. The van der Waals surface area contributed by atoms with E-state index in [1.807, 2.05) is 6.92 Å². The summed E-state index contributed by atoms with van der Waals surface area (Å²) in [5, 5.41) is 16.6. The summed E-state index contributed by atoms with van der Waals surface area (Å²) in [6, 6.07) is 6.63. The largest absolute Gasteiger partial charge is 0.508 e. The minimum absolute atomic E-state index is 0.125. The van der Waals surface area contributed by atoms with Gasteiger partial charge in [-0.05, 0) is 52.0 Å². The van der Waals surface area contributed by atoms with Crippen LogP contribution in [0.25, 0.3) is 10.6 Å². The molecule has 0 unspecified atom stereocenters. The first-order chi connectivity index (χ1) is 11.8. The van der Waals surface area contributed by atoms with Crippen molar-refractivity contribution in [3.05, 3.63) is 34.8 Å². The van der Waals surface area contributed by atoms with Crippen LogP contribution in [0, 0.1) is 6.92 Å². The molecule has 25 heavy (non-hydrogen) atoms. The number of aromatic hydroxyl groups is 1. The standard InChI is InChI=1S/C17H20N4O3S/c1-9(2)18-15(23)16(24)21-20-11(4)14-10(3)19-17(25-14)12-5-7-13(22)8-6-12/h5-9,22H,1-4H3,(H,18,23)(H,21,24)/b20-11+. The van der Waals surface area contributed by atoms with Gasteiger partial charge in [0.1, 0.15) is 10.8 Å². The number of carbonyl (C=O) groups is 2. The first kappa shape index (κ1) is 18.6. The predicted molar refractivity (Wildman–Crippen MR) is 97.6 cm³/mol. The Labute approximate surface area is 149 Å². The number of hydrogen-bond donors (Lipinski definition) is 3. The molecule has 1 aromatic heterocycles. The number of phenols is 1. The van der Waals surface area contributed by atoms with Gasteiger partial charge in [-0.25, -0.2) is 10.4 Å². The summed E-state index contributed by atoms with van der Waals surface area (Å²) in [6.07, 6.45) is 0. The first-order valence-corrected chi connectivity index (χ1v) is 8.52. The molecule has 8 heteroatoms. The first-order valence-electron chi connectivity index (χ1n) is 7.70. The van der Waals surface area contributed by atoms with Crippen LogP contribution in [0.4, 0.5) is 0 Å². The minimum atomic E-state index is -0.811. The Kier molecular flexibility index (Phi) is 5.87. The molecule has 0 radical (unpaired) electrons. The third-order valence-corrected chi connectivity index (χ3v) is 4.51. The van der Waals surface area contributed by atoms with E-state index in [2.05, 4.69) is 20.8 Å². The molecule has 0 aliphatic carbocycles. The highest BCUT2D eigenvalue weighted by atomic mass is 32.1. The van der Waals surface area contributed by atoms with Crippen LogP contribution < -0.4 is 10.7 Å². The quantitative estimate of drug-likeness (QED) is 0.442. The molecule has 0 atom stereocenters. The van der Waals surface area contributed by atoms with E-state index in [0.717, 1.165) is 21.1 Å². The van der Waals surface area contributed by atoms with Gasteiger partial charge in [0.15, 0.2) is 0 Å². The number of nitrogens with zero attached hydrogens (tertiary/aromatic N) is 2. The Bertz CT molecular complexity index is 810. The van der Waals surface area contributed by atoms with Gasteiger partial charge in [0, 0.05) is 11.6 Å². The van der Waals surface area contributed by atoms with Crippen LogP contribution in [-0.2, 0) is 9.59 Å². The molecule has 0 saturated carbocycles. The molecule has 3 N–H and O–H groups in total. The van der Waals surface area contributed by atoms with Crippen molar-refractivity contribution in [2.24, 2.45) is 5.10 Å². The van der Waals surface area contributed by atoms with Gasteiger partial charge in [0.25, 0.3) is 0 Å². The number of benzene rings is 1. The SMILES string of the molecule is C/C(=N\NC(=O)C(=O)NC(C)C)c1sc(-c2ccc(O)cc2)nc1C. The number of phenolic OH excluding ortho intramolecular Hbond substituents is 1. The highest BCUT2D eigenvalue weighted by molar-refractivity contribution is 7.17. The van der Waals surface area contributed by atoms with Crippen molar-refractivity contribution >= 4 is 28.9 Å². The van der Waals surface area contributed by atoms with Gasteiger partial charge in [0.05, 0.1) is 16.3 Å². The van der Waals surface area contributed by atoms with Crippen LogP contribution in [0.3, 0.4) is 0 Å².